The average Bonchev–Trinajstić information content (AvgIpc) is 3.71. The van der Waals surface area contributed by atoms with Crippen LogP contribution < -0.4 is 21.1 Å². The Labute approximate surface area is 273 Å². The fraction of sp³-hybridized carbons (Fsp3) is 0.303. The van der Waals surface area contributed by atoms with E-state index in [0.29, 0.717) is 35.1 Å². The molecule has 0 saturated carbocycles. The number of amides is 1. The van der Waals surface area contributed by atoms with Crippen LogP contribution in [-0.4, -0.2) is 64.6 Å². The number of aliphatic hydroxyl groups excluding tert-OH is 1. The standard InChI is InChI=1S/C33H39N7O4S2/c1-33(2,37-19-30(41)25-7-6-8-26(17-25)39-46(43,44)28-9-4-3-5-10-28)15-16-40-20-29(36-22-40)23-11-13-24(14-12-23)31(42)35-18-27-21-45-32(34)38-27/h3-14,17,20,22,27,30,37,39,41H,15-16,18-19,21H2,1-2H3,(H2,34,38)(H,35,42)/t27?,30-/m0/s1. The van der Waals surface area contributed by atoms with Crippen molar-refractivity contribution < 1.29 is 18.3 Å². The number of thioether (sulfide) groups is 1. The third-order valence-corrected chi connectivity index (χ3v) is 10.0. The summed E-state index contributed by atoms with van der Waals surface area (Å²) in [6.07, 6.45) is 3.69. The number of imidazole rings is 1. The van der Waals surface area contributed by atoms with Crippen molar-refractivity contribution in [1.82, 2.24) is 20.2 Å². The molecule has 1 amide bonds. The number of aromatic nitrogens is 2. The van der Waals surface area contributed by atoms with E-state index in [9.17, 15) is 18.3 Å². The molecule has 3 aromatic carbocycles. The summed E-state index contributed by atoms with van der Waals surface area (Å²) in [5.41, 5.74) is 8.67. The summed E-state index contributed by atoms with van der Waals surface area (Å²) in [6, 6.07) is 22.3. The van der Waals surface area contributed by atoms with E-state index in [0.717, 1.165) is 23.4 Å². The van der Waals surface area contributed by atoms with Crippen LogP contribution in [0.3, 0.4) is 0 Å². The number of anilines is 1. The van der Waals surface area contributed by atoms with Crippen LogP contribution >= 0.6 is 11.8 Å². The fourth-order valence-corrected chi connectivity index (χ4v) is 6.74. The molecular weight excluding hydrogens is 623 g/mol. The van der Waals surface area contributed by atoms with Gasteiger partial charge in [-0.05, 0) is 62.2 Å². The summed E-state index contributed by atoms with van der Waals surface area (Å²) in [6.45, 7) is 5.58. The summed E-state index contributed by atoms with van der Waals surface area (Å²) in [4.78, 5) is 21.5. The van der Waals surface area contributed by atoms with E-state index in [2.05, 4.69) is 39.2 Å². The van der Waals surface area contributed by atoms with Crippen LogP contribution in [-0.2, 0) is 16.6 Å². The number of nitrogens with zero attached hydrogens (tertiary/aromatic N) is 3. The van der Waals surface area contributed by atoms with Crippen LogP contribution in [0.2, 0.25) is 0 Å². The molecule has 13 heteroatoms. The lowest BCUT2D eigenvalue weighted by Crippen LogP contribution is -2.42. The molecule has 11 nitrogen and oxygen atoms in total. The van der Waals surface area contributed by atoms with Gasteiger partial charge >= 0.3 is 0 Å². The molecule has 0 spiro atoms. The molecule has 46 heavy (non-hydrogen) atoms. The number of sulfonamides is 1. The zero-order valence-corrected chi connectivity index (χ0v) is 27.4. The third kappa shape index (κ3) is 8.97. The lowest BCUT2D eigenvalue weighted by Gasteiger charge is -2.28. The van der Waals surface area contributed by atoms with Crippen molar-refractivity contribution in [3.63, 3.8) is 0 Å². The molecule has 242 valence electrons. The second-order valence-electron chi connectivity index (χ2n) is 11.8. The topological polar surface area (TPSA) is 164 Å². The lowest BCUT2D eigenvalue weighted by atomic mass is 9.99. The minimum absolute atomic E-state index is 0.00980. The number of hydrogen-bond acceptors (Lipinski definition) is 9. The number of nitrogens with one attached hydrogen (secondary N) is 3. The van der Waals surface area contributed by atoms with Crippen LogP contribution in [0.5, 0.6) is 0 Å². The third-order valence-electron chi connectivity index (χ3n) is 7.65. The normalized spacial score (nSPS) is 15.7. The second-order valence-corrected chi connectivity index (χ2v) is 14.5. The first-order valence-corrected chi connectivity index (χ1v) is 17.4. The number of aliphatic imine (C=N–C) groups is 1. The number of nitrogens with two attached hydrogens (primary N) is 1. The number of aliphatic hydroxyl groups is 1. The molecule has 4 aromatic rings. The van der Waals surface area contributed by atoms with Crippen molar-refractivity contribution in [3.05, 3.63) is 103 Å². The Morgan fingerprint density at radius 3 is 2.59 bits per heavy atom. The number of rotatable bonds is 14. The van der Waals surface area contributed by atoms with Gasteiger partial charge in [0, 0.05) is 53.9 Å². The van der Waals surface area contributed by atoms with Crippen molar-refractivity contribution in [3.8, 4) is 11.3 Å². The molecule has 0 bridgehead atoms. The van der Waals surface area contributed by atoms with Gasteiger partial charge in [-0.1, -0.05) is 54.2 Å². The SMILES string of the molecule is CC(C)(CCn1cnc(-c2ccc(C(=O)NCC3CSC(N)=N3)cc2)c1)NC[C@H](O)c1cccc(NS(=O)(=O)c2ccccc2)c1. The van der Waals surface area contributed by atoms with Gasteiger partial charge in [0.15, 0.2) is 5.17 Å². The number of aryl methyl sites for hydroxylation is 1. The van der Waals surface area contributed by atoms with Gasteiger partial charge in [-0.25, -0.2) is 13.4 Å². The van der Waals surface area contributed by atoms with Crippen molar-refractivity contribution >= 4 is 38.5 Å². The summed E-state index contributed by atoms with van der Waals surface area (Å²) in [7, 11) is -3.73. The van der Waals surface area contributed by atoms with Gasteiger partial charge in [0.05, 0.1) is 29.1 Å². The Hall–Kier alpha value is -4.17. The summed E-state index contributed by atoms with van der Waals surface area (Å²) < 4.78 is 30.0. The maximum absolute atomic E-state index is 12.7. The molecule has 2 heterocycles. The van der Waals surface area contributed by atoms with Crippen LogP contribution in [0.25, 0.3) is 11.3 Å². The molecular formula is C33H39N7O4S2. The van der Waals surface area contributed by atoms with E-state index >= 15 is 0 Å². The molecule has 1 aliphatic heterocycles. The lowest BCUT2D eigenvalue weighted by molar-refractivity contribution is 0.0952. The summed E-state index contributed by atoms with van der Waals surface area (Å²) in [5.74, 6) is 0.629. The summed E-state index contributed by atoms with van der Waals surface area (Å²) >= 11 is 1.50. The highest BCUT2D eigenvalue weighted by Crippen LogP contribution is 2.23. The van der Waals surface area contributed by atoms with Gasteiger partial charge in [-0.3, -0.25) is 14.5 Å². The van der Waals surface area contributed by atoms with Gasteiger partial charge in [0.1, 0.15) is 0 Å². The molecule has 6 N–H and O–H groups in total. The second kappa shape index (κ2) is 14.5. The molecule has 2 atom stereocenters. The highest BCUT2D eigenvalue weighted by Gasteiger charge is 2.21. The Morgan fingerprint density at radius 1 is 1.11 bits per heavy atom. The van der Waals surface area contributed by atoms with E-state index in [-0.39, 0.29) is 28.9 Å². The first-order valence-electron chi connectivity index (χ1n) is 14.9. The highest BCUT2D eigenvalue weighted by atomic mass is 32.2. The molecule has 0 saturated heterocycles. The van der Waals surface area contributed by atoms with E-state index in [4.69, 9.17) is 5.73 Å². The van der Waals surface area contributed by atoms with Crippen molar-refractivity contribution in [2.75, 3.05) is 23.6 Å². The van der Waals surface area contributed by atoms with Crippen molar-refractivity contribution in [2.45, 2.75) is 49.4 Å². The van der Waals surface area contributed by atoms with E-state index in [1.165, 1.54) is 23.9 Å². The smallest absolute Gasteiger partial charge is 0.261 e. The number of carbonyl (C=O) groups excluding carboxylic acids is 1. The maximum Gasteiger partial charge on any atom is 0.261 e. The highest BCUT2D eigenvalue weighted by molar-refractivity contribution is 8.14. The molecule has 1 aromatic heterocycles. The molecule has 0 aliphatic carbocycles. The van der Waals surface area contributed by atoms with E-state index in [1.807, 2.05) is 22.9 Å². The minimum Gasteiger partial charge on any atom is -0.387 e. The number of carbonyl (C=O) groups is 1. The van der Waals surface area contributed by atoms with Crippen molar-refractivity contribution in [2.24, 2.45) is 10.7 Å². The first-order chi connectivity index (χ1) is 22.0. The summed E-state index contributed by atoms with van der Waals surface area (Å²) in [5, 5.41) is 17.8. The van der Waals surface area contributed by atoms with Crippen LogP contribution in [0.1, 0.15) is 42.3 Å². The number of β-amino-alcohol motifs (C(OH)–C–C–N with tert-alkyl or cyclic N) is 1. The van der Waals surface area contributed by atoms with Gasteiger partial charge < -0.3 is 26.0 Å². The molecule has 1 unspecified atom stereocenters. The molecule has 0 fully saturated rings. The Kier molecular flexibility index (Phi) is 10.5. The molecule has 1 aliphatic rings. The predicted molar refractivity (Wildman–Crippen MR) is 183 cm³/mol. The minimum atomic E-state index is -3.73. The maximum atomic E-state index is 12.7. The largest absolute Gasteiger partial charge is 0.387 e. The van der Waals surface area contributed by atoms with Gasteiger partial charge in [-0.15, -0.1) is 0 Å². The monoisotopic (exact) mass is 661 g/mol. The van der Waals surface area contributed by atoms with Gasteiger partial charge in [0.2, 0.25) is 0 Å². The van der Waals surface area contributed by atoms with E-state index < -0.39 is 16.1 Å². The molecule has 0 radical (unpaired) electrons. The van der Waals surface area contributed by atoms with Crippen LogP contribution in [0, 0.1) is 0 Å². The Bertz CT molecular complexity index is 1770. The van der Waals surface area contributed by atoms with Gasteiger partial charge in [-0.2, -0.15) is 0 Å². The van der Waals surface area contributed by atoms with Crippen molar-refractivity contribution in [1.29, 1.82) is 0 Å². The Morgan fingerprint density at radius 2 is 1.87 bits per heavy atom. The predicted octanol–water partition coefficient (Wildman–Crippen LogP) is 4.00. The fourth-order valence-electron chi connectivity index (χ4n) is 4.89. The van der Waals surface area contributed by atoms with Crippen LogP contribution in [0.4, 0.5) is 5.69 Å². The quantitative estimate of drug-likeness (QED) is 0.135. The number of hydrogen-bond donors (Lipinski definition) is 5. The first kappa shape index (κ1) is 33.2. The van der Waals surface area contributed by atoms with E-state index in [1.54, 1.807) is 60.9 Å². The van der Waals surface area contributed by atoms with Crippen LogP contribution in [0.15, 0.2) is 101 Å². The zero-order valence-electron chi connectivity index (χ0n) is 25.8. The number of amidine groups is 1. The Balaban J connectivity index is 1.09. The zero-order chi connectivity index (χ0) is 32.7. The average molecular weight is 662 g/mol. The van der Waals surface area contributed by atoms with Gasteiger partial charge in [0.25, 0.3) is 15.9 Å². The number of benzene rings is 3. The molecule has 5 rings (SSSR count).